The van der Waals surface area contributed by atoms with Crippen LogP contribution in [0.15, 0.2) is 42.5 Å². The van der Waals surface area contributed by atoms with E-state index >= 15 is 0 Å². The molecule has 1 aliphatic rings. The summed E-state index contributed by atoms with van der Waals surface area (Å²) in [7, 11) is 0. The Kier molecular flexibility index (Phi) is 13.5. The molecule has 1 aliphatic carbocycles. The zero-order chi connectivity index (χ0) is 27.0. The Balaban J connectivity index is 1.37. The van der Waals surface area contributed by atoms with Crippen molar-refractivity contribution in [2.75, 3.05) is 13.2 Å². The van der Waals surface area contributed by atoms with E-state index in [1.165, 1.54) is 88.8 Å². The van der Waals surface area contributed by atoms with Crippen LogP contribution in [0.1, 0.15) is 114 Å². The van der Waals surface area contributed by atoms with Gasteiger partial charge in [0.15, 0.2) is 11.6 Å². The Morgan fingerprint density at radius 3 is 2.13 bits per heavy atom. The van der Waals surface area contributed by atoms with Crippen molar-refractivity contribution in [2.24, 2.45) is 11.8 Å². The van der Waals surface area contributed by atoms with Crippen molar-refractivity contribution >= 4 is 5.97 Å². The highest BCUT2D eigenvalue weighted by atomic mass is 19.1. The van der Waals surface area contributed by atoms with Gasteiger partial charge >= 0.3 is 5.97 Å². The normalized spacial score (nSPS) is 17.2. The quantitative estimate of drug-likeness (QED) is 0.117. The lowest BCUT2D eigenvalue weighted by molar-refractivity contribution is 0.0734. The van der Waals surface area contributed by atoms with Crippen molar-refractivity contribution in [1.82, 2.24) is 0 Å². The number of carbonyl (C=O) groups is 1. The van der Waals surface area contributed by atoms with E-state index in [1.54, 1.807) is 12.1 Å². The fraction of sp³-hybridized carbons (Fsp3) is 0.606. The molecule has 2 aromatic carbocycles. The first-order chi connectivity index (χ1) is 18.6. The van der Waals surface area contributed by atoms with E-state index in [0.29, 0.717) is 19.0 Å². The molecular formula is C33H47FO4. The van der Waals surface area contributed by atoms with Gasteiger partial charge in [-0.25, -0.2) is 9.18 Å². The van der Waals surface area contributed by atoms with Gasteiger partial charge in [0.1, 0.15) is 11.5 Å². The molecule has 1 saturated carbocycles. The number of benzene rings is 2. The standard InChI is InChI=1S/C33H47FO4/c1-3-5-6-7-8-11-23-37-32-22-17-28(25-31(32)34)33(35)38-30-20-18-29(19-21-30)36-24-12-16-27-15-10-9-14-26(27)13-4-2/h17-22,25-27H,3-16,23-24H2,1-2H3. The second kappa shape index (κ2) is 17.1. The van der Waals surface area contributed by atoms with Crippen LogP contribution in [0.25, 0.3) is 0 Å². The zero-order valence-electron chi connectivity index (χ0n) is 23.5. The van der Waals surface area contributed by atoms with Gasteiger partial charge in [0.2, 0.25) is 0 Å². The van der Waals surface area contributed by atoms with Gasteiger partial charge < -0.3 is 14.2 Å². The predicted molar refractivity (Wildman–Crippen MR) is 152 cm³/mol. The van der Waals surface area contributed by atoms with E-state index in [-0.39, 0.29) is 11.3 Å². The predicted octanol–water partition coefficient (Wildman–Crippen LogP) is 9.55. The molecule has 0 bridgehead atoms. The lowest BCUT2D eigenvalue weighted by Gasteiger charge is -2.31. The van der Waals surface area contributed by atoms with Gasteiger partial charge in [-0.2, -0.15) is 0 Å². The average Bonchev–Trinajstić information content (AvgIpc) is 2.93. The molecule has 0 aliphatic heterocycles. The van der Waals surface area contributed by atoms with Crippen molar-refractivity contribution in [3.63, 3.8) is 0 Å². The first-order valence-corrected chi connectivity index (χ1v) is 15.0. The van der Waals surface area contributed by atoms with E-state index in [1.807, 2.05) is 12.1 Å². The number of rotatable bonds is 17. The Morgan fingerprint density at radius 2 is 1.42 bits per heavy atom. The summed E-state index contributed by atoms with van der Waals surface area (Å²) < 4.78 is 31.4. The highest BCUT2D eigenvalue weighted by molar-refractivity contribution is 5.91. The highest BCUT2D eigenvalue weighted by Gasteiger charge is 2.23. The molecule has 0 radical (unpaired) electrons. The van der Waals surface area contributed by atoms with Gasteiger partial charge in [0.25, 0.3) is 0 Å². The van der Waals surface area contributed by atoms with Gasteiger partial charge in [0, 0.05) is 0 Å². The van der Waals surface area contributed by atoms with E-state index in [0.717, 1.165) is 36.8 Å². The highest BCUT2D eigenvalue weighted by Crippen LogP contribution is 2.36. The van der Waals surface area contributed by atoms with Gasteiger partial charge in [-0.15, -0.1) is 0 Å². The fourth-order valence-electron chi connectivity index (χ4n) is 5.53. The molecule has 0 saturated heterocycles. The van der Waals surface area contributed by atoms with E-state index < -0.39 is 11.8 Å². The van der Waals surface area contributed by atoms with Gasteiger partial charge in [0.05, 0.1) is 18.8 Å². The minimum atomic E-state index is -0.603. The second-order valence-electron chi connectivity index (χ2n) is 10.7. The Labute approximate surface area is 229 Å². The Bertz CT molecular complexity index is 941. The number of hydrogen-bond acceptors (Lipinski definition) is 4. The smallest absolute Gasteiger partial charge is 0.343 e. The van der Waals surface area contributed by atoms with E-state index in [9.17, 15) is 9.18 Å². The minimum Gasteiger partial charge on any atom is -0.494 e. The third-order valence-electron chi connectivity index (χ3n) is 7.67. The van der Waals surface area contributed by atoms with Crippen molar-refractivity contribution in [2.45, 2.75) is 104 Å². The third kappa shape index (κ3) is 10.3. The summed E-state index contributed by atoms with van der Waals surface area (Å²) >= 11 is 0. The first kappa shape index (κ1) is 30.0. The van der Waals surface area contributed by atoms with Gasteiger partial charge in [-0.1, -0.05) is 84.5 Å². The number of ether oxygens (including phenoxy) is 3. The van der Waals surface area contributed by atoms with Crippen LogP contribution >= 0.6 is 0 Å². The van der Waals surface area contributed by atoms with Crippen molar-refractivity contribution < 1.29 is 23.4 Å². The van der Waals surface area contributed by atoms with Crippen molar-refractivity contribution in [3.8, 4) is 17.2 Å². The number of esters is 1. The average molecular weight is 527 g/mol. The zero-order valence-corrected chi connectivity index (χ0v) is 23.5. The van der Waals surface area contributed by atoms with Crippen LogP contribution < -0.4 is 14.2 Å². The number of halogens is 1. The van der Waals surface area contributed by atoms with E-state index in [2.05, 4.69) is 13.8 Å². The molecule has 0 N–H and O–H groups in total. The molecule has 2 unspecified atom stereocenters. The molecule has 1 fully saturated rings. The maximum Gasteiger partial charge on any atom is 0.343 e. The molecule has 0 spiro atoms. The van der Waals surface area contributed by atoms with Gasteiger partial charge in [-0.3, -0.25) is 0 Å². The second-order valence-corrected chi connectivity index (χ2v) is 10.7. The topological polar surface area (TPSA) is 44.8 Å². The molecule has 210 valence electrons. The van der Waals surface area contributed by atoms with Crippen molar-refractivity contribution in [3.05, 3.63) is 53.8 Å². The molecule has 0 heterocycles. The van der Waals surface area contributed by atoms with Crippen LogP contribution in [0.5, 0.6) is 17.2 Å². The summed E-state index contributed by atoms with van der Waals surface area (Å²) in [5, 5.41) is 0. The molecular weight excluding hydrogens is 479 g/mol. The van der Waals surface area contributed by atoms with Gasteiger partial charge in [-0.05, 0) is 73.6 Å². The summed E-state index contributed by atoms with van der Waals surface area (Å²) in [6.45, 7) is 5.65. The maximum atomic E-state index is 14.5. The van der Waals surface area contributed by atoms with Crippen LogP contribution in [0.2, 0.25) is 0 Å². The Hall–Kier alpha value is -2.56. The third-order valence-corrected chi connectivity index (χ3v) is 7.67. The first-order valence-electron chi connectivity index (χ1n) is 15.0. The number of unbranched alkanes of at least 4 members (excludes halogenated alkanes) is 5. The van der Waals surface area contributed by atoms with Crippen LogP contribution in [-0.4, -0.2) is 19.2 Å². The summed E-state index contributed by atoms with van der Waals surface area (Å²) in [5.41, 5.74) is 0.152. The molecule has 5 heteroatoms. The number of hydrogen-bond donors (Lipinski definition) is 0. The summed E-state index contributed by atoms with van der Waals surface area (Å²) in [6, 6.07) is 11.2. The SMILES string of the molecule is CCCCCCCCOc1ccc(C(=O)Oc2ccc(OCCCC3CCCCC3CCC)cc2)cc1F. The summed E-state index contributed by atoms with van der Waals surface area (Å²) in [5.74, 6) is 1.91. The molecule has 38 heavy (non-hydrogen) atoms. The summed E-state index contributed by atoms with van der Waals surface area (Å²) in [6.07, 6.45) is 17.3. The largest absolute Gasteiger partial charge is 0.494 e. The van der Waals surface area contributed by atoms with Crippen molar-refractivity contribution in [1.29, 1.82) is 0 Å². The monoisotopic (exact) mass is 526 g/mol. The Morgan fingerprint density at radius 1 is 0.763 bits per heavy atom. The fourth-order valence-corrected chi connectivity index (χ4v) is 5.53. The number of carbonyl (C=O) groups excluding carboxylic acids is 1. The molecule has 3 rings (SSSR count). The maximum absolute atomic E-state index is 14.5. The lowest BCUT2D eigenvalue weighted by Crippen LogP contribution is -2.20. The van der Waals surface area contributed by atoms with E-state index in [4.69, 9.17) is 14.2 Å². The summed E-state index contributed by atoms with van der Waals surface area (Å²) in [4.78, 5) is 12.5. The van der Waals surface area contributed by atoms with Crippen LogP contribution in [-0.2, 0) is 0 Å². The van der Waals surface area contributed by atoms with Crippen LogP contribution in [0.4, 0.5) is 4.39 Å². The lowest BCUT2D eigenvalue weighted by atomic mass is 9.75. The van der Waals surface area contributed by atoms with Crippen LogP contribution in [0, 0.1) is 17.7 Å². The molecule has 4 nitrogen and oxygen atoms in total. The molecule has 2 atom stereocenters. The molecule has 0 aromatic heterocycles. The minimum absolute atomic E-state index is 0.152. The van der Waals surface area contributed by atoms with Crippen LogP contribution in [0.3, 0.4) is 0 Å². The molecule has 0 amide bonds. The molecule has 2 aromatic rings.